The van der Waals surface area contributed by atoms with Gasteiger partial charge in [0, 0.05) is 25.7 Å². The van der Waals surface area contributed by atoms with Gasteiger partial charge in [-0.3, -0.25) is 4.79 Å². The quantitative estimate of drug-likeness (QED) is 0.608. The summed E-state index contributed by atoms with van der Waals surface area (Å²) in [7, 11) is -3.59. The van der Waals surface area contributed by atoms with Crippen LogP contribution in [0.15, 0.2) is 32.7 Å². The van der Waals surface area contributed by atoms with Gasteiger partial charge in [-0.1, -0.05) is 24.6 Å². The van der Waals surface area contributed by atoms with Crippen LogP contribution in [0, 0.1) is 5.92 Å². The van der Waals surface area contributed by atoms with E-state index in [4.69, 9.17) is 9.15 Å². The van der Waals surface area contributed by atoms with Gasteiger partial charge in [0.15, 0.2) is 5.58 Å². The van der Waals surface area contributed by atoms with Crippen LogP contribution in [0.25, 0.3) is 11.1 Å². The van der Waals surface area contributed by atoms with Gasteiger partial charge in [0.1, 0.15) is 5.52 Å². The van der Waals surface area contributed by atoms with Crippen molar-refractivity contribution in [3.05, 3.63) is 18.2 Å². The highest BCUT2D eigenvalue weighted by atomic mass is 32.2. The van der Waals surface area contributed by atoms with Crippen molar-refractivity contribution in [1.82, 2.24) is 14.2 Å². The molecule has 32 heavy (non-hydrogen) atoms. The number of nitrogens with zero attached hydrogens (tertiary/aromatic N) is 3. The average Bonchev–Trinajstić information content (AvgIpc) is 3.25. The summed E-state index contributed by atoms with van der Waals surface area (Å²) < 4.78 is 38.3. The molecule has 1 aromatic carbocycles. The molecule has 2 atom stereocenters. The third-order valence-electron chi connectivity index (χ3n) is 6.83. The predicted octanol–water partition coefficient (Wildman–Crippen LogP) is 3.12. The average molecular weight is 480 g/mol. The van der Waals surface area contributed by atoms with Gasteiger partial charge in [-0.05, 0) is 49.8 Å². The number of amides is 1. The number of oxazole rings is 1. The van der Waals surface area contributed by atoms with Crippen molar-refractivity contribution in [1.29, 1.82) is 0 Å². The number of carbonyl (C=O) groups excluding carboxylic acids is 1. The van der Waals surface area contributed by atoms with Crippen LogP contribution in [0.4, 0.5) is 0 Å². The lowest BCUT2D eigenvalue weighted by atomic mass is 9.78. The Hall–Kier alpha value is -1.62. The largest absolute Gasteiger partial charge is 0.431 e. The lowest BCUT2D eigenvalue weighted by Crippen LogP contribution is -2.50. The molecule has 0 bridgehead atoms. The summed E-state index contributed by atoms with van der Waals surface area (Å²) in [6, 6.07) is 5.13. The van der Waals surface area contributed by atoms with Crippen molar-refractivity contribution in [3.8, 4) is 0 Å². The maximum absolute atomic E-state index is 12.9. The van der Waals surface area contributed by atoms with Crippen LogP contribution in [-0.4, -0.2) is 73.2 Å². The van der Waals surface area contributed by atoms with Gasteiger partial charge in [-0.2, -0.15) is 4.31 Å². The number of sulfonamides is 1. The number of aromatic nitrogens is 1. The second kappa shape index (κ2) is 9.32. The zero-order chi connectivity index (χ0) is 22.1. The highest BCUT2D eigenvalue weighted by molar-refractivity contribution is 7.99. The third-order valence-corrected chi connectivity index (χ3v) is 9.54. The molecule has 0 unspecified atom stereocenters. The van der Waals surface area contributed by atoms with Crippen molar-refractivity contribution in [2.45, 2.75) is 54.7 Å². The van der Waals surface area contributed by atoms with E-state index in [1.165, 1.54) is 41.8 Å². The number of likely N-dealkylation sites (tertiary alicyclic amines) is 1. The summed E-state index contributed by atoms with van der Waals surface area (Å²) in [6.45, 7) is 2.34. The Morgan fingerprint density at radius 1 is 1.09 bits per heavy atom. The van der Waals surface area contributed by atoms with Crippen molar-refractivity contribution >= 4 is 38.8 Å². The summed E-state index contributed by atoms with van der Waals surface area (Å²) in [5.41, 5.74) is 1.01. The summed E-state index contributed by atoms with van der Waals surface area (Å²) in [6.07, 6.45) is 7.17. The molecule has 1 saturated carbocycles. The fourth-order valence-corrected chi connectivity index (χ4v) is 7.34. The Morgan fingerprint density at radius 2 is 1.88 bits per heavy atom. The Morgan fingerprint density at radius 3 is 2.72 bits per heavy atom. The fraction of sp³-hybridized carbons (Fsp3) is 0.636. The van der Waals surface area contributed by atoms with Crippen molar-refractivity contribution < 1.29 is 22.4 Å². The van der Waals surface area contributed by atoms with Crippen molar-refractivity contribution in [3.63, 3.8) is 0 Å². The Balaban J connectivity index is 1.26. The molecule has 0 N–H and O–H groups in total. The summed E-state index contributed by atoms with van der Waals surface area (Å²) in [5.74, 6) is 1.08. The molecule has 3 aliphatic rings. The first-order valence-electron chi connectivity index (χ1n) is 11.4. The molecule has 8 nitrogen and oxygen atoms in total. The number of ether oxygens (including phenoxy) is 1. The molecule has 2 aliphatic heterocycles. The van der Waals surface area contributed by atoms with Gasteiger partial charge in [0.2, 0.25) is 15.9 Å². The number of benzene rings is 1. The van der Waals surface area contributed by atoms with Crippen LogP contribution < -0.4 is 0 Å². The van der Waals surface area contributed by atoms with Crippen LogP contribution in [0.2, 0.25) is 0 Å². The predicted molar refractivity (Wildman–Crippen MR) is 121 cm³/mol. The number of hydrogen-bond donors (Lipinski definition) is 0. The first kappa shape index (κ1) is 22.2. The van der Waals surface area contributed by atoms with E-state index < -0.39 is 10.0 Å². The number of rotatable bonds is 5. The monoisotopic (exact) mass is 479 g/mol. The Labute approximate surface area is 192 Å². The number of fused-ring (bicyclic) bond motifs is 2. The molecule has 0 radical (unpaired) electrons. The molecule has 1 aromatic heterocycles. The molecule has 1 aliphatic carbocycles. The Bertz CT molecular complexity index is 1080. The molecule has 0 spiro atoms. The molecule has 5 rings (SSSR count). The first-order valence-corrected chi connectivity index (χ1v) is 13.9. The normalized spacial score (nSPS) is 25.1. The van der Waals surface area contributed by atoms with Crippen LogP contribution in [0.1, 0.15) is 38.5 Å². The highest BCUT2D eigenvalue weighted by Gasteiger charge is 2.35. The van der Waals surface area contributed by atoms with E-state index in [1.54, 1.807) is 18.2 Å². The van der Waals surface area contributed by atoms with E-state index in [1.807, 2.05) is 0 Å². The smallest absolute Gasteiger partial charge is 0.257 e. The number of piperidine rings is 1. The number of thioether (sulfide) groups is 1. The second-order valence-electron chi connectivity index (χ2n) is 8.76. The van der Waals surface area contributed by atoms with Gasteiger partial charge in [0.25, 0.3) is 5.22 Å². The minimum atomic E-state index is -3.59. The van der Waals surface area contributed by atoms with Crippen LogP contribution in [0.3, 0.4) is 0 Å². The standard InChI is InChI=1S/C22H29N3O5S2/c26-21(25-9-3-5-16-4-1-2-6-19(16)25)15-31-22-23-18-14-17(7-8-20(18)30-22)32(27,28)24-10-12-29-13-11-24/h7-8,14,16,19H,1-6,9-13,15H2/t16-,19+/m0/s1. The molecular formula is C22H29N3O5S2. The van der Waals surface area contributed by atoms with Crippen LogP contribution in [-0.2, 0) is 19.6 Å². The first-order chi connectivity index (χ1) is 15.5. The van der Waals surface area contributed by atoms with E-state index in [2.05, 4.69) is 9.88 Å². The molecular weight excluding hydrogens is 450 g/mol. The molecule has 2 saturated heterocycles. The summed E-state index contributed by atoms with van der Waals surface area (Å²) in [5, 5.41) is 0.395. The van der Waals surface area contributed by atoms with E-state index in [-0.39, 0.29) is 16.6 Å². The molecule has 1 amide bonds. The van der Waals surface area contributed by atoms with E-state index in [9.17, 15) is 13.2 Å². The number of morpholine rings is 1. The fourth-order valence-electron chi connectivity index (χ4n) is 5.19. The van der Waals surface area contributed by atoms with E-state index >= 15 is 0 Å². The summed E-state index contributed by atoms with van der Waals surface area (Å²) >= 11 is 1.28. The van der Waals surface area contributed by atoms with Crippen LogP contribution in [0.5, 0.6) is 0 Å². The minimum Gasteiger partial charge on any atom is -0.431 e. The lowest BCUT2D eigenvalue weighted by molar-refractivity contribution is -0.134. The maximum atomic E-state index is 12.9. The topological polar surface area (TPSA) is 92.9 Å². The second-order valence-corrected chi connectivity index (χ2v) is 11.6. The molecule has 174 valence electrons. The highest BCUT2D eigenvalue weighted by Crippen LogP contribution is 2.36. The third kappa shape index (κ3) is 4.42. The minimum absolute atomic E-state index is 0.143. The SMILES string of the molecule is O=C(CSc1nc2cc(S(=O)(=O)N3CCOCC3)ccc2o1)N1CCC[C@@H]2CCCC[C@H]21. The van der Waals surface area contributed by atoms with Gasteiger partial charge < -0.3 is 14.1 Å². The van der Waals surface area contributed by atoms with Gasteiger partial charge in [-0.25, -0.2) is 13.4 Å². The zero-order valence-corrected chi connectivity index (χ0v) is 19.7. The van der Waals surface area contributed by atoms with E-state index in [0.717, 1.165) is 19.4 Å². The van der Waals surface area contributed by atoms with Gasteiger partial charge >= 0.3 is 0 Å². The molecule has 2 aromatic rings. The molecule has 3 fully saturated rings. The molecule has 10 heteroatoms. The lowest BCUT2D eigenvalue weighted by Gasteiger charge is -2.44. The van der Waals surface area contributed by atoms with Crippen molar-refractivity contribution in [2.75, 3.05) is 38.6 Å². The van der Waals surface area contributed by atoms with Crippen molar-refractivity contribution in [2.24, 2.45) is 5.92 Å². The maximum Gasteiger partial charge on any atom is 0.257 e. The molecule has 3 heterocycles. The number of carbonyl (C=O) groups is 1. The van der Waals surface area contributed by atoms with E-state index in [0.29, 0.717) is 54.6 Å². The Kier molecular flexibility index (Phi) is 6.46. The van der Waals surface area contributed by atoms with Crippen LogP contribution >= 0.6 is 11.8 Å². The zero-order valence-electron chi connectivity index (χ0n) is 18.1. The van der Waals surface area contributed by atoms with Gasteiger partial charge in [0.05, 0.1) is 23.9 Å². The number of hydrogen-bond acceptors (Lipinski definition) is 7. The summed E-state index contributed by atoms with van der Waals surface area (Å²) in [4.78, 5) is 19.7. The van der Waals surface area contributed by atoms with Gasteiger partial charge in [-0.15, -0.1) is 0 Å².